The van der Waals surface area contributed by atoms with Gasteiger partial charge in [-0.1, -0.05) is 137 Å². The number of anilines is 3. The summed E-state index contributed by atoms with van der Waals surface area (Å²) in [6.45, 7) is 9.46. The SMILES string of the molecule is CCC1(CC)c2ccc(N(c3ccc4c(c3)C(C)(C)c3ccccc3-4)c3ccccc3-c3ccccc3)cc2-c2cc3ccccc3cc21. The first-order chi connectivity index (χ1) is 23.9. The molecule has 0 radical (unpaired) electrons. The fourth-order valence-corrected chi connectivity index (χ4v) is 9.12. The number of fused-ring (bicyclic) bond motifs is 7. The van der Waals surface area contributed by atoms with Crippen LogP contribution in [0.3, 0.4) is 0 Å². The van der Waals surface area contributed by atoms with Crippen LogP contribution in [0.2, 0.25) is 0 Å². The van der Waals surface area contributed by atoms with Crippen LogP contribution in [0.15, 0.2) is 152 Å². The van der Waals surface area contributed by atoms with Crippen molar-refractivity contribution >= 4 is 27.8 Å². The van der Waals surface area contributed by atoms with E-state index in [1.54, 1.807) is 0 Å². The Hall–Kier alpha value is -5.40. The number of para-hydroxylation sites is 1. The lowest BCUT2D eigenvalue weighted by Crippen LogP contribution is -2.23. The molecule has 0 aliphatic heterocycles. The molecule has 0 spiro atoms. The van der Waals surface area contributed by atoms with Gasteiger partial charge >= 0.3 is 0 Å². The van der Waals surface area contributed by atoms with E-state index in [9.17, 15) is 0 Å². The van der Waals surface area contributed by atoms with Crippen molar-refractivity contribution in [1.29, 1.82) is 0 Å². The van der Waals surface area contributed by atoms with Crippen LogP contribution in [0.1, 0.15) is 62.8 Å². The molecule has 0 unspecified atom stereocenters. The van der Waals surface area contributed by atoms with E-state index in [0.29, 0.717) is 0 Å². The van der Waals surface area contributed by atoms with Gasteiger partial charge < -0.3 is 4.90 Å². The molecule has 9 rings (SSSR count). The molecule has 0 N–H and O–H groups in total. The first-order valence-corrected chi connectivity index (χ1v) is 17.8. The van der Waals surface area contributed by atoms with E-state index in [1.165, 1.54) is 83.5 Å². The van der Waals surface area contributed by atoms with Crippen LogP contribution in [0, 0.1) is 0 Å². The molecule has 7 aromatic carbocycles. The molecule has 49 heavy (non-hydrogen) atoms. The summed E-state index contributed by atoms with van der Waals surface area (Å²) in [6.07, 6.45) is 2.14. The van der Waals surface area contributed by atoms with Gasteiger partial charge in [0.25, 0.3) is 0 Å². The fourth-order valence-electron chi connectivity index (χ4n) is 9.12. The quantitative estimate of drug-likeness (QED) is 0.176. The van der Waals surface area contributed by atoms with Crippen molar-refractivity contribution in [3.8, 4) is 33.4 Å². The maximum Gasteiger partial charge on any atom is 0.0540 e. The van der Waals surface area contributed by atoms with Crippen LogP contribution < -0.4 is 4.90 Å². The largest absolute Gasteiger partial charge is 0.310 e. The smallest absolute Gasteiger partial charge is 0.0540 e. The number of benzene rings is 7. The lowest BCUT2D eigenvalue weighted by molar-refractivity contribution is 0.491. The van der Waals surface area contributed by atoms with Gasteiger partial charge in [0.1, 0.15) is 0 Å². The van der Waals surface area contributed by atoms with Crippen LogP contribution in [-0.2, 0) is 10.8 Å². The average Bonchev–Trinajstić information content (AvgIpc) is 3.55. The molecule has 0 fully saturated rings. The third-order valence-corrected chi connectivity index (χ3v) is 11.7. The van der Waals surface area contributed by atoms with Crippen molar-refractivity contribution in [2.45, 2.75) is 51.4 Å². The summed E-state index contributed by atoms with van der Waals surface area (Å²) in [7, 11) is 0. The second-order valence-corrected chi connectivity index (χ2v) is 14.4. The van der Waals surface area contributed by atoms with Crippen LogP contribution in [0.25, 0.3) is 44.2 Å². The molecule has 0 saturated heterocycles. The molecule has 238 valence electrons. The molecule has 0 atom stereocenters. The van der Waals surface area contributed by atoms with Gasteiger partial charge in [0.2, 0.25) is 0 Å². The second kappa shape index (κ2) is 11.1. The molecular weight excluding hydrogens is 591 g/mol. The van der Waals surface area contributed by atoms with Crippen molar-refractivity contribution in [2.24, 2.45) is 0 Å². The average molecular weight is 632 g/mol. The maximum atomic E-state index is 2.50. The van der Waals surface area contributed by atoms with E-state index in [2.05, 4.69) is 184 Å². The minimum absolute atomic E-state index is 0.00335. The van der Waals surface area contributed by atoms with Crippen molar-refractivity contribution in [2.75, 3.05) is 4.90 Å². The second-order valence-electron chi connectivity index (χ2n) is 14.4. The van der Waals surface area contributed by atoms with Gasteiger partial charge in [0, 0.05) is 27.8 Å². The third kappa shape index (κ3) is 4.31. The van der Waals surface area contributed by atoms with E-state index in [4.69, 9.17) is 0 Å². The van der Waals surface area contributed by atoms with Gasteiger partial charge in [0.05, 0.1) is 5.69 Å². The molecule has 7 aromatic rings. The molecule has 0 bridgehead atoms. The van der Waals surface area contributed by atoms with E-state index in [1.807, 2.05) is 0 Å². The Morgan fingerprint density at radius 2 is 1.02 bits per heavy atom. The van der Waals surface area contributed by atoms with Crippen LogP contribution in [-0.4, -0.2) is 0 Å². The van der Waals surface area contributed by atoms with Crippen molar-refractivity contribution in [3.63, 3.8) is 0 Å². The number of rotatable bonds is 6. The predicted molar refractivity (Wildman–Crippen MR) is 208 cm³/mol. The van der Waals surface area contributed by atoms with Gasteiger partial charge in [-0.05, 0) is 116 Å². The molecule has 0 saturated carbocycles. The minimum atomic E-state index is -0.0909. The Morgan fingerprint density at radius 3 is 1.80 bits per heavy atom. The van der Waals surface area contributed by atoms with Crippen LogP contribution in [0.4, 0.5) is 17.1 Å². The first kappa shape index (κ1) is 29.7. The van der Waals surface area contributed by atoms with Crippen molar-refractivity contribution < 1.29 is 0 Å². The highest BCUT2D eigenvalue weighted by Gasteiger charge is 2.41. The van der Waals surface area contributed by atoms with Gasteiger partial charge in [-0.2, -0.15) is 0 Å². The van der Waals surface area contributed by atoms with Crippen molar-refractivity contribution in [1.82, 2.24) is 0 Å². The monoisotopic (exact) mass is 631 g/mol. The van der Waals surface area contributed by atoms with Gasteiger partial charge in [0.15, 0.2) is 0 Å². The Labute approximate surface area is 290 Å². The third-order valence-electron chi connectivity index (χ3n) is 11.7. The standard InChI is InChI=1S/C48H41N/c1-5-48(6-2)43-27-25-35(30-41(43)40-28-33-18-10-11-19-34(33)29-45(40)48)49(46-23-15-13-20-37(46)32-16-8-7-9-17-32)36-24-26-39-38-21-12-14-22-42(38)47(3,4)44(39)31-36/h7-31H,5-6H2,1-4H3. The number of hydrogen-bond donors (Lipinski definition) is 0. The summed E-state index contributed by atoms with van der Waals surface area (Å²) in [5.74, 6) is 0. The zero-order valence-electron chi connectivity index (χ0n) is 28.8. The van der Waals surface area contributed by atoms with E-state index in [-0.39, 0.29) is 10.8 Å². The summed E-state index contributed by atoms with van der Waals surface area (Å²) in [5.41, 5.74) is 17.0. The molecule has 2 aliphatic rings. The highest BCUT2D eigenvalue weighted by molar-refractivity contribution is 5.96. The summed E-state index contributed by atoms with van der Waals surface area (Å²) >= 11 is 0. The Balaban J connectivity index is 1.30. The summed E-state index contributed by atoms with van der Waals surface area (Å²) in [6, 6.07) is 56.8. The zero-order valence-corrected chi connectivity index (χ0v) is 28.8. The lowest BCUT2D eigenvalue weighted by Gasteiger charge is -2.32. The zero-order chi connectivity index (χ0) is 33.3. The summed E-state index contributed by atoms with van der Waals surface area (Å²) in [5, 5.41) is 2.62. The summed E-state index contributed by atoms with van der Waals surface area (Å²) in [4.78, 5) is 2.50. The topological polar surface area (TPSA) is 3.24 Å². The predicted octanol–water partition coefficient (Wildman–Crippen LogP) is 13.4. The van der Waals surface area contributed by atoms with E-state index < -0.39 is 0 Å². The van der Waals surface area contributed by atoms with Crippen LogP contribution in [0.5, 0.6) is 0 Å². The molecule has 0 amide bonds. The van der Waals surface area contributed by atoms with Gasteiger partial charge in [-0.15, -0.1) is 0 Å². The lowest BCUT2D eigenvalue weighted by atomic mass is 9.73. The van der Waals surface area contributed by atoms with E-state index in [0.717, 1.165) is 12.8 Å². The first-order valence-electron chi connectivity index (χ1n) is 17.8. The molecule has 0 heterocycles. The Morgan fingerprint density at radius 1 is 0.429 bits per heavy atom. The fraction of sp³-hybridized carbons (Fsp3) is 0.167. The Kier molecular flexibility index (Phi) is 6.71. The van der Waals surface area contributed by atoms with Crippen molar-refractivity contribution in [3.05, 3.63) is 174 Å². The number of hydrogen-bond acceptors (Lipinski definition) is 1. The molecule has 2 aliphatic carbocycles. The number of nitrogens with zero attached hydrogens (tertiary/aromatic N) is 1. The van der Waals surface area contributed by atoms with Gasteiger partial charge in [-0.25, -0.2) is 0 Å². The normalized spacial score (nSPS) is 14.6. The Bertz CT molecular complexity index is 2390. The maximum absolute atomic E-state index is 2.50. The highest BCUT2D eigenvalue weighted by atomic mass is 15.1. The molecule has 0 aromatic heterocycles. The molecule has 1 nitrogen and oxygen atoms in total. The molecular formula is C48H41N. The summed E-state index contributed by atoms with van der Waals surface area (Å²) < 4.78 is 0. The minimum Gasteiger partial charge on any atom is -0.310 e. The van der Waals surface area contributed by atoms with E-state index >= 15 is 0 Å². The van der Waals surface area contributed by atoms with Crippen LogP contribution >= 0.6 is 0 Å². The molecule has 1 heteroatoms. The highest BCUT2D eigenvalue weighted by Crippen LogP contribution is 2.56. The van der Waals surface area contributed by atoms with Gasteiger partial charge in [-0.3, -0.25) is 0 Å².